The molecule has 0 unspecified atom stereocenters. The van der Waals surface area contributed by atoms with Gasteiger partial charge < -0.3 is 19.9 Å². The topological polar surface area (TPSA) is 116 Å². The highest BCUT2D eigenvalue weighted by molar-refractivity contribution is 7.99. The van der Waals surface area contributed by atoms with E-state index in [1.807, 2.05) is 43.3 Å². The Morgan fingerprint density at radius 2 is 1.75 bits per heavy atom. The molecule has 0 bridgehead atoms. The summed E-state index contributed by atoms with van der Waals surface area (Å²) in [6, 6.07) is 17.9. The number of rotatable bonds is 10. The van der Waals surface area contributed by atoms with Crippen LogP contribution < -0.4 is 15.0 Å². The number of aromatic nitrogens is 4. The van der Waals surface area contributed by atoms with E-state index in [-0.39, 0.29) is 10.6 Å². The molecule has 0 aliphatic carbocycles. The maximum atomic E-state index is 13.0. The number of anilines is 3. The molecule has 1 aliphatic rings. The summed E-state index contributed by atoms with van der Waals surface area (Å²) in [7, 11) is -1.85. The number of aromatic amines is 1. The molecule has 210 valence electrons. The highest BCUT2D eigenvalue weighted by atomic mass is 32.2. The average Bonchev–Trinajstić information content (AvgIpc) is 3.37. The van der Waals surface area contributed by atoms with E-state index in [1.165, 1.54) is 11.8 Å². The lowest BCUT2D eigenvalue weighted by atomic mass is 10.2. The lowest BCUT2D eigenvalue weighted by molar-refractivity contribution is 0.269. The Hall–Kier alpha value is -3.61. The Labute approximate surface area is 239 Å². The predicted molar refractivity (Wildman–Crippen MR) is 157 cm³/mol. The molecule has 0 radical (unpaired) electrons. The minimum Gasteiger partial charge on any atom is -0.490 e. The van der Waals surface area contributed by atoms with Crippen molar-refractivity contribution in [3.8, 4) is 5.75 Å². The average molecular weight is 580 g/mol. The van der Waals surface area contributed by atoms with Crippen molar-refractivity contribution in [2.45, 2.75) is 34.5 Å². The van der Waals surface area contributed by atoms with E-state index in [0.717, 1.165) is 48.9 Å². The second-order valence-corrected chi connectivity index (χ2v) is 12.5. The molecule has 1 aliphatic heterocycles. The molecular weight excluding hydrogens is 546 g/mol. The first-order chi connectivity index (χ1) is 19.3. The lowest BCUT2D eigenvalue weighted by Crippen LogP contribution is -2.46. The van der Waals surface area contributed by atoms with E-state index in [1.54, 1.807) is 31.4 Å². The summed E-state index contributed by atoms with van der Waals surface area (Å²) >= 11 is 1.37. The summed E-state index contributed by atoms with van der Waals surface area (Å²) in [6.45, 7) is 8.62. The summed E-state index contributed by atoms with van der Waals surface area (Å²) in [6.07, 6.45) is 0. The fourth-order valence-corrected chi connectivity index (χ4v) is 6.63. The van der Waals surface area contributed by atoms with Crippen molar-refractivity contribution in [2.75, 3.05) is 50.1 Å². The van der Waals surface area contributed by atoms with Gasteiger partial charge in [-0.1, -0.05) is 37.3 Å². The van der Waals surface area contributed by atoms with Gasteiger partial charge >= 0.3 is 0 Å². The number of H-pyrrole nitrogens is 1. The molecule has 10 nitrogen and oxygen atoms in total. The summed E-state index contributed by atoms with van der Waals surface area (Å²) < 4.78 is 31.7. The molecule has 40 heavy (non-hydrogen) atoms. The number of benzene rings is 2. The van der Waals surface area contributed by atoms with Crippen LogP contribution in [0.15, 0.2) is 75.6 Å². The highest BCUT2D eigenvalue weighted by Gasteiger charge is 2.25. The van der Waals surface area contributed by atoms with Gasteiger partial charge in [-0.15, -0.1) is 0 Å². The van der Waals surface area contributed by atoms with Gasteiger partial charge in [0.25, 0.3) is 0 Å². The minimum absolute atomic E-state index is 0.0434. The van der Waals surface area contributed by atoms with Crippen molar-refractivity contribution >= 4 is 39.1 Å². The molecule has 2 aromatic carbocycles. The van der Waals surface area contributed by atoms with Crippen molar-refractivity contribution in [1.29, 1.82) is 0 Å². The van der Waals surface area contributed by atoms with Crippen LogP contribution in [0.5, 0.6) is 5.75 Å². The Kier molecular flexibility index (Phi) is 8.57. The second-order valence-electron chi connectivity index (χ2n) is 9.51. The monoisotopic (exact) mass is 579 g/mol. The van der Waals surface area contributed by atoms with Gasteiger partial charge in [0.2, 0.25) is 5.75 Å². The molecule has 5 rings (SSSR count). The third-order valence-electron chi connectivity index (χ3n) is 6.69. The number of piperazine rings is 1. The Balaban J connectivity index is 1.42. The van der Waals surface area contributed by atoms with Crippen LogP contribution in [0, 0.1) is 6.92 Å². The number of aryl methyl sites for hydroxylation is 1. The van der Waals surface area contributed by atoms with Gasteiger partial charge in [0.1, 0.15) is 0 Å². The maximum Gasteiger partial charge on any atom is 0.204 e. The number of likely N-dealkylation sites (N-methyl/N-ethyl adjacent to an activating group) is 1. The molecule has 1 saturated heterocycles. The number of methoxy groups -OCH3 is 1. The highest BCUT2D eigenvalue weighted by Crippen LogP contribution is 2.38. The van der Waals surface area contributed by atoms with Crippen LogP contribution in [-0.4, -0.2) is 73.3 Å². The van der Waals surface area contributed by atoms with Gasteiger partial charge in [0, 0.05) is 42.8 Å². The molecule has 2 N–H and O–H groups in total. The minimum atomic E-state index is -3.47. The predicted octanol–water partition coefficient (Wildman–Crippen LogP) is 4.53. The van der Waals surface area contributed by atoms with Gasteiger partial charge in [-0.05, 0) is 55.1 Å². The van der Waals surface area contributed by atoms with E-state index in [2.05, 4.69) is 32.2 Å². The van der Waals surface area contributed by atoms with Gasteiger partial charge in [-0.25, -0.2) is 18.4 Å². The maximum absolute atomic E-state index is 13.0. The van der Waals surface area contributed by atoms with Crippen molar-refractivity contribution < 1.29 is 13.2 Å². The van der Waals surface area contributed by atoms with E-state index >= 15 is 0 Å². The molecule has 0 saturated carbocycles. The zero-order chi connectivity index (χ0) is 28.1. The quantitative estimate of drug-likeness (QED) is 0.260. The number of sulfone groups is 1. The third kappa shape index (κ3) is 6.57. The van der Waals surface area contributed by atoms with E-state index in [9.17, 15) is 8.42 Å². The summed E-state index contributed by atoms with van der Waals surface area (Å²) in [5.74, 6) is 2.37. The van der Waals surface area contributed by atoms with Crippen molar-refractivity contribution in [3.63, 3.8) is 0 Å². The zero-order valence-electron chi connectivity index (χ0n) is 22.8. The molecule has 2 aromatic heterocycles. The van der Waals surface area contributed by atoms with Crippen molar-refractivity contribution in [1.82, 2.24) is 25.1 Å². The molecule has 0 amide bonds. The van der Waals surface area contributed by atoms with Crippen LogP contribution in [0.25, 0.3) is 0 Å². The summed E-state index contributed by atoms with van der Waals surface area (Å²) in [5, 5.41) is 11.0. The molecular formula is C28H33N7O3S2. The number of hydrogen-bond donors (Lipinski definition) is 2. The molecule has 1 fully saturated rings. The zero-order valence-corrected chi connectivity index (χ0v) is 24.4. The molecule has 3 heterocycles. The van der Waals surface area contributed by atoms with E-state index in [4.69, 9.17) is 14.7 Å². The SMILES string of the molecule is CCN1CCN(c2nc(Sc3ccc(S(=O)(=O)Cc4ccccc4)cc3)nc(Nc3cc(C)[nH]n3)c2OC)CC1. The molecule has 12 heteroatoms. The first-order valence-electron chi connectivity index (χ1n) is 13.1. The van der Waals surface area contributed by atoms with Crippen LogP contribution in [0.2, 0.25) is 0 Å². The Morgan fingerprint density at radius 1 is 1.02 bits per heavy atom. The fraction of sp³-hybridized carbons (Fsp3) is 0.321. The Bertz CT molecular complexity index is 1540. The molecule has 4 aromatic rings. The van der Waals surface area contributed by atoms with Gasteiger partial charge in [-0.2, -0.15) is 5.10 Å². The van der Waals surface area contributed by atoms with Gasteiger partial charge in [0.15, 0.2) is 32.4 Å². The standard InChI is InChI=1S/C28H33N7O3S2/c1-4-34-14-16-35(17-15-34)27-25(38-3)26(29-24-18-20(2)32-33-24)30-28(31-27)39-22-10-12-23(13-11-22)40(36,37)19-21-8-6-5-7-9-21/h5-13,18H,4,14-17,19H2,1-3H3,(H2,29,30,31,32,33). The number of nitrogens with zero attached hydrogens (tertiary/aromatic N) is 5. The van der Waals surface area contributed by atoms with Gasteiger partial charge in [-0.3, -0.25) is 5.10 Å². The third-order valence-corrected chi connectivity index (χ3v) is 9.27. The normalized spacial score (nSPS) is 14.3. The fourth-order valence-electron chi connectivity index (χ4n) is 4.53. The van der Waals surface area contributed by atoms with Gasteiger partial charge in [0.05, 0.1) is 17.8 Å². The molecule has 0 spiro atoms. The number of hydrogen-bond acceptors (Lipinski definition) is 10. The van der Waals surface area contributed by atoms with Crippen LogP contribution >= 0.6 is 11.8 Å². The van der Waals surface area contributed by atoms with Crippen LogP contribution in [0.4, 0.5) is 17.5 Å². The summed E-state index contributed by atoms with van der Waals surface area (Å²) in [5.41, 5.74) is 1.68. The first-order valence-corrected chi connectivity index (χ1v) is 15.6. The lowest BCUT2D eigenvalue weighted by Gasteiger charge is -2.35. The largest absolute Gasteiger partial charge is 0.490 e. The Morgan fingerprint density at radius 3 is 2.38 bits per heavy atom. The smallest absolute Gasteiger partial charge is 0.204 e. The number of nitrogens with one attached hydrogen (secondary N) is 2. The second kappa shape index (κ2) is 12.3. The van der Waals surface area contributed by atoms with Crippen LogP contribution in [0.1, 0.15) is 18.2 Å². The van der Waals surface area contributed by atoms with Crippen molar-refractivity contribution in [2.24, 2.45) is 0 Å². The summed E-state index contributed by atoms with van der Waals surface area (Å²) in [4.78, 5) is 15.4. The van der Waals surface area contributed by atoms with Crippen molar-refractivity contribution in [3.05, 3.63) is 71.9 Å². The first kappa shape index (κ1) is 27.9. The van der Waals surface area contributed by atoms with E-state index in [0.29, 0.717) is 28.4 Å². The van der Waals surface area contributed by atoms with E-state index < -0.39 is 9.84 Å². The van der Waals surface area contributed by atoms with Crippen LogP contribution in [0.3, 0.4) is 0 Å². The van der Waals surface area contributed by atoms with Crippen LogP contribution in [-0.2, 0) is 15.6 Å². The molecule has 0 atom stereocenters. The number of ether oxygens (including phenoxy) is 1.